The first-order valence-electron chi connectivity index (χ1n) is 6.02. The van der Waals surface area contributed by atoms with Crippen LogP contribution in [0.1, 0.15) is 18.4 Å². The van der Waals surface area contributed by atoms with Gasteiger partial charge in [-0.1, -0.05) is 37.3 Å². The number of benzene rings is 1. The zero-order valence-electron chi connectivity index (χ0n) is 10.7. The van der Waals surface area contributed by atoms with Gasteiger partial charge in [0, 0.05) is 6.20 Å². The zero-order valence-corrected chi connectivity index (χ0v) is 11.5. The van der Waals surface area contributed by atoms with E-state index in [1.807, 2.05) is 37.3 Å². The van der Waals surface area contributed by atoms with Crippen molar-refractivity contribution >= 4 is 15.7 Å². The lowest BCUT2D eigenvalue weighted by Gasteiger charge is -2.13. The van der Waals surface area contributed by atoms with Crippen molar-refractivity contribution in [2.24, 2.45) is 0 Å². The summed E-state index contributed by atoms with van der Waals surface area (Å²) < 4.78 is 26.6. The Balaban J connectivity index is 2.06. The summed E-state index contributed by atoms with van der Waals surface area (Å²) in [6, 6.07) is 13.0. The lowest BCUT2D eigenvalue weighted by atomic mass is 10.0. The molecule has 0 saturated heterocycles. The number of pyridine rings is 1. The number of aromatic nitrogens is 1. The first-order valence-corrected chi connectivity index (χ1v) is 7.67. The van der Waals surface area contributed by atoms with E-state index < -0.39 is 10.0 Å². The second-order valence-electron chi connectivity index (χ2n) is 4.44. The quantitative estimate of drug-likeness (QED) is 0.913. The van der Waals surface area contributed by atoms with Crippen LogP contribution in [-0.2, 0) is 10.0 Å². The van der Waals surface area contributed by atoms with Gasteiger partial charge in [0.25, 0.3) is 0 Å². The van der Waals surface area contributed by atoms with E-state index in [-0.39, 0.29) is 11.7 Å². The van der Waals surface area contributed by atoms with Crippen LogP contribution in [0.5, 0.6) is 0 Å². The van der Waals surface area contributed by atoms with Gasteiger partial charge in [0.2, 0.25) is 10.0 Å². The van der Waals surface area contributed by atoms with Crippen LogP contribution >= 0.6 is 0 Å². The molecule has 0 saturated carbocycles. The van der Waals surface area contributed by atoms with Crippen molar-refractivity contribution in [1.29, 1.82) is 0 Å². The number of nitrogens with one attached hydrogen (secondary N) is 1. The molecule has 2 rings (SSSR count). The highest BCUT2D eigenvalue weighted by Crippen LogP contribution is 2.18. The standard InChI is InChI=1S/C14H16N2O2S/c1-12(13-6-3-2-4-7-13)11-19(17,18)16-14-8-5-9-15-10-14/h2-10,12,16H,11H2,1H3/t12-/m0/s1. The number of hydrogen-bond donors (Lipinski definition) is 1. The summed E-state index contributed by atoms with van der Waals surface area (Å²) in [7, 11) is -3.37. The van der Waals surface area contributed by atoms with Crippen LogP contribution in [0, 0.1) is 0 Å². The fourth-order valence-electron chi connectivity index (χ4n) is 1.85. The van der Waals surface area contributed by atoms with Gasteiger partial charge in [0.15, 0.2) is 0 Å². The first kappa shape index (κ1) is 13.5. The van der Waals surface area contributed by atoms with Crippen LogP contribution in [0.2, 0.25) is 0 Å². The fraction of sp³-hybridized carbons (Fsp3) is 0.214. The molecule has 1 aromatic heterocycles. The fourth-order valence-corrected chi connectivity index (χ4v) is 3.27. The summed E-state index contributed by atoms with van der Waals surface area (Å²) in [5.41, 5.74) is 1.50. The molecule has 5 heteroatoms. The van der Waals surface area contributed by atoms with Crippen molar-refractivity contribution in [1.82, 2.24) is 4.98 Å². The van der Waals surface area contributed by atoms with Crippen LogP contribution in [0.15, 0.2) is 54.9 Å². The Morgan fingerprint density at radius 1 is 1.16 bits per heavy atom. The van der Waals surface area contributed by atoms with Crippen LogP contribution in [0.3, 0.4) is 0 Å². The summed E-state index contributed by atoms with van der Waals surface area (Å²) >= 11 is 0. The Morgan fingerprint density at radius 3 is 2.53 bits per heavy atom. The molecule has 1 aromatic carbocycles. The molecule has 0 aliphatic heterocycles. The third kappa shape index (κ3) is 4.06. The van der Waals surface area contributed by atoms with Gasteiger partial charge in [-0.25, -0.2) is 8.42 Å². The highest BCUT2D eigenvalue weighted by atomic mass is 32.2. The average Bonchev–Trinajstić information content (AvgIpc) is 2.39. The van der Waals surface area contributed by atoms with Crippen LogP contribution in [0.4, 0.5) is 5.69 Å². The number of rotatable bonds is 5. The first-order chi connectivity index (χ1) is 9.07. The van der Waals surface area contributed by atoms with Crippen molar-refractivity contribution < 1.29 is 8.42 Å². The topological polar surface area (TPSA) is 59.1 Å². The largest absolute Gasteiger partial charge is 0.282 e. The van der Waals surface area contributed by atoms with E-state index in [1.54, 1.807) is 18.3 Å². The van der Waals surface area contributed by atoms with E-state index >= 15 is 0 Å². The van der Waals surface area contributed by atoms with Gasteiger partial charge in [0.05, 0.1) is 17.6 Å². The zero-order chi connectivity index (χ0) is 13.7. The summed E-state index contributed by atoms with van der Waals surface area (Å²) in [5, 5.41) is 0. The number of hydrogen-bond acceptors (Lipinski definition) is 3. The Hall–Kier alpha value is -1.88. The Morgan fingerprint density at radius 2 is 1.89 bits per heavy atom. The molecular formula is C14H16N2O2S. The minimum atomic E-state index is -3.37. The Labute approximate surface area is 113 Å². The molecular weight excluding hydrogens is 260 g/mol. The predicted molar refractivity (Wildman–Crippen MR) is 76.5 cm³/mol. The summed E-state index contributed by atoms with van der Waals surface area (Å²) in [5.74, 6) is -0.0123. The van der Waals surface area contributed by atoms with Gasteiger partial charge in [-0.05, 0) is 23.6 Å². The molecule has 2 aromatic rings. The number of anilines is 1. The van der Waals surface area contributed by atoms with Gasteiger partial charge in [-0.2, -0.15) is 0 Å². The van der Waals surface area contributed by atoms with Gasteiger partial charge in [-0.15, -0.1) is 0 Å². The molecule has 0 aliphatic rings. The monoisotopic (exact) mass is 276 g/mol. The maximum atomic E-state index is 12.0. The maximum absolute atomic E-state index is 12.0. The predicted octanol–water partition coefficient (Wildman–Crippen LogP) is 2.63. The minimum absolute atomic E-state index is 0.0475. The molecule has 0 amide bonds. The van der Waals surface area contributed by atoms with E-state index in [0.717, 1.165) is 5.56 Å². The maximum Gasteiger partial charge on any atom is 0.233 e. The molecule has 1 atom stereocenters. The van der Waals surface area contributed by atoms with E-state index in [1.165, 1.54) is 6.20 Å². The molecule has 100 valence electrons. The molecule has 0 bridgehead atoms. The molecule has 4 nitrogen and oxygen atoms in total. The molecule has 0 spiro atoms. The number of sulfonamides is 1. The minimum Gasteiger partial charge on any atom is -0.282 e. The van der Waals surface area contributed by atoms with Crippen molar-refractivity contribution in [3.63, 3.8) is 0 Å². The molecule has 0 fully saturated rings. The van der Waals surface area contributed by atoms with Crippen LogP contribution in [0.25, 0.3) is 0 Å². The second kappa shape index (κ2) is 5.84. The van der Waals surface area contributed by atoms with Crippen molar-refractivity contribution in [3.05, 3.63) is 60.4 Å². The van der Waals surface area contributed by atoms with Gasteiger partial charge in [0.1, 0.15) is 0 Å². The van der Waals surface area contributed by atoms with Crippen LogP contribution in [-0.4, -0.2) is 19.2 Å². The molecule has 0 unspecified atom stereocenters. The highest BCUT2D eigenvalue weighted by molar-refractivity contribution is 7.92. The lowest BCUT2D eigenvalue weighted by Crippen LogP contribution is -2.20. The van der Waals surface area contributed by atoms with Crippen molar-refractivity contribution in [2.45, 2.75) is 12.8 Å². The third-order valence-corrected chi connectivity index (χ3v) is 4.26. The van der Waals surface area contributed by atoms with Crippen molar-refractivity contribution in [2.75, 3.05) is 10.5 Å². The van der Waals surface area contributed by atoms with E-state index in [2.05, 4.69) is 9.71 Å². The second-order valence-corrected chi connectivity index (χ2v) is 6.20. The SMILES string of the molecule is C[C@@H](CS(=O)(=O)Nc1cccnc1)c1ccccc1. The molecule has 0 aliphatic carbocycles. The van der Waals surface area contributed by atoms with E-state index in [0.29, 0.717) is 5.69 Å². The highest BCUT2D eigenvalue weighted by Gasteiger charge is 2.17. The van der Waals surface area contributed by atoms with E-state index in [4.69, 9.17) is 0 Å². The van der Waals surface area contributed by atoms with Gasteiger partial charge >= 0.3 is 0 Å². The molecule has 0 radical (unpaired) electrons. The molecule has 1 heterocycles. The van der Waals surface area contributed by atoms with Crippen molar-refractivity contribution in [3.8, 4) is 0 Å². The average molecular weight is 276 g/mol. The van der Waals surface area contributed by atoms with Crippen LogP contribution < -0.4 is 4.72 Å². The lowest BCUT2D eigenvalue weighted by molar-refractivity contribution is 0.595. The summed E-state index contributed by atoms with van der Waals surface area (Å²) in [4.78, 5) is 3.88. The van der Waals surface area contributed by atoms with Gasteiger partial charge in [-0.3, -0.25) is 9.71 Å². The number of nitrogens with zero attached hydrogens (tertiary/aromatic N) is 1. The normalized spacial score (nSPS) is 12.9. The van der Waals surface area contributed by atoms with Gasteiger partial charge < -0.3 is 0 Å². The summed E-state index contributed by atoms with van der Waals surface area (Å²) in [6.45, 7) is 1.90. The Bertz CT molecular complexity index is 612. The Kier molecular flexibility index (Phi) is 4.16. The third-order valence-electron chi connectivity index (χ3n) is 2.77. The smallest absolute Gasteiger partial charge is 0.233 e. The molecule has 19 heavy (non-hydrogen) atoms. The summed E-state index contributed by atoms with van der Waals surface area (Å²) in [6.07, 6.45) is 3.09. The van der Waals surface area contributed by atoms with E-state index in [9.17, 15) is 8.42 Å². The molecule has 1 N–H and O–H groups in total.